The fourth-order valence-corrected chi connectivity index (χ4v) is 2.57. The maximum absolute atomic E-state index is 11.7. The molecule has 0 fully saturated rings. The Balaban J connectivity index is 2.50. The van der Waals surface area contributed by atoms with E-state index in [0.717, 1.165) is 0 Å². The third-order valence-corrected chi connectivity index (χ3v) is 3.54. The van der Waals surface area contributed by atoms with Gasteiger partial charge in [0.25, 0.3) is 10.2 Å². The summed E-state index contributed by atoms with van der Waals surface area (Å²) in [4.78, 5) is 4.14. The number of rotatable bonds is 4. The summed E-state index contributed by atoms with van der Waals surface area (Å²) in [7, 11) is -3.56. The molecule has 0 bridgehead atoms. The van der Waals surface area contributed by atoms with Crippen LogP contribution in [-0.2, 0) is 10.2 Å². The normalized spacial score (nSPS) is 11.6. The summed E-state index contributed by atoms with van der Waals surface area (Å²) in [6.45, 7) is 2.03. The standard InChI is InChI=1S/C11H14N4O2S/c1-2-14-18(16,17)15-10-6-5-9(12)11-8(10)4-3-7-13-11/h3-7,14-15H,2,12H2,1H3. The number of pyridine rings is 1. The second-order valence-corrected chi connectivity index (χ2v) is 5.20. The average molecular weight is 266 g/mol. The smallest absolute Gasteiger partial charge is 0.299 e. The molecule has 7 heteroatoms. The highest BCUT2D eigenvalue weighted by Crippen LogP contribution is 2.26. The lowest BCUT2D eigenvalue weighted by Gasteiger charge is -2.11. The number of benzene rings is 1. The van der Waals surface area contributed by atoms with Crippen molar-refractivity contribution in [2.75, 3.05) is 17.0 Å². The Bertz CT molecular complexity index is 670. The lowest BCUT2D eigenvalue weighted by atomic mass is 10.1. The van der Waals surface area contributed by atoms with E-state index in [9.17, 15) is 8.42 Å². The summed E-state index contributed by atoms with van der Waals surface area (Å²) in [5.41, 5.74) is 7.33. The SMILES string of the molecule is CCNS(=O)(=O)Nc1ccc(N)c2ncccc12. The Morgan fingerprint density at radius 3 is 2.83 bits per heavy atom. The van der Waals surface area contributed by atoms with Crippen molar-refractivity contribution in [2.24, 2.45) is 0 Å². The molecule has 0 saturated heterocycles. The van der Waals surface area contributed by atoms with Crippen LogP contribution < -0.4 is 15.2 Å². The van der Waals surface area contributed by atoms with Crippen LogP contribution in [0.1, 0.15) is 6.92 Å². The molecule has 0 radical (unpaired) electrons. The monoisotopic (exact) mass is 266 g/mol. The van der Waals surface area contributed by atoms with E-state index in [1.54, 1.807) is 37.4 Å². The number of nitrogen functional groups attached to an aromatic ring is 1. The van der Waals surface area contributed by atoms with Crippen molar-refractivity contribution in [1.82, 2.24) is 9.71 Å². The van der Waals surface area contributed by atoms with Crippen LogP contribution in [0.3, 0.4) is 0 Å². The van der Waals surface area contributed by atoms with Crippen LogP contribution in [0.5, 0.6) is 0 Å². The zero-order chi connectivity index (χ0) is 13.2. The Hall–Kier alpha value is -1.86. The molecule has 0 aliphatic heterocycles. The lowest BCUT2D eigenvalue weighted by molar-refractivity contribution is 0.589. The van der Waals surface area contributed by atoms with E-state index in [1.807, 2.05) is 0 Å². The maximum atomic E-state index is 11.7. The van der Waals surface area contributed by atoms with Crippen LogP contribution in [0, 0.1) is 0 Å². The van der Waals surface area contributed by atoms with Gasteiger partial charge in [-0.05, 0) is 24.3 Å². The van der Waals surface area contributed by atoms with Gasteiger partial charge in [-0.2, -0.15) is 13.1 Å². The largest absolute Gasteiger partial charge is 0.397 e. The molecular formula is C11H14N4O2S. The minimum absolute atomic E-state index is 0.320. The van der Waals surface area contributed by atoms with Gasteiger partial charge >= 0.3 is 0 Å². The average Bonchev–Trinajstić information content (AvgIpc) is 2.33. The van der Waals surface area contributed by atoms with Gasteiger partial charge in [-0.1, -0.05) is 6.92 Å². The van der Waals surface area contributed by atoms with E-state index in [2.05, 4.69) is 14.4 Å². The van der Waals surface area contributed by atoms with Crippen molar-refractivity contribution in [3.8, 4) is 0 Å². The first-order valence-corrected chi connectivity index (χ1v) is 6.92. The number of aromatic nitrogens is 1. The van der Waals surface area contributed by atoms with Gasteiger partial charge in [0.05, 0.1) is 16.9 Å². The number of hydrogen-bond acceptors (Lipinski definition) is 4. The van der Waals surface area contributed by atoms with Crippen molar-refractivity contribution < 1.29 is 8.42 Å². The Labute approximate surface area is 105 Å². The number of nitrogens with zero attached hydrogens (tertiary/aromatic N) is 1. The van der Waals surface area contributed by atoms with Crippen molar-refractivity contribution >= 4 is 32.5 Å². The van der Waals surface area contributed by atoms with Crippen molar-refractivity contribution in [1.29, 1.82) is 0 Å². The first-order valence-electron chi connectivity index (χ1n) is 5.44. The van der Waals surface area contributed by atoms with Crippen LogP contribution in [0.2, 0.25) is 0 Å². The fraction of sp³-hybridized carbons (Fsp3) is 0.182. The molecule has 0 saturated carbocycles. The summed E-state index contributed by atoms with van der Waals surface area (Å²) < 4.78 is 28.1. The molecule has 0 unspecified atom stereocenters. The van der Waals surface area contributed by atoms with E-state index in [0.29, 0.717) is 28.8 Å². The zero-order valence-corrected chi connectivity index (χ0v) is 10.7. The van der Waals surface area contributed by atoms with E-state index in [4.69, 9.17) is 5.73 Å². The van der Waals surface area contributed by atoms with Gasteiger partial charge in [-0.3, -0.25) is 9.71 Å². The number of fused-ring (bicyclic) bond motifs is 1. The molecule has 96 valence electrons. The first kappa shape index (κ1) is 12.6. The van der Waals surface area contributed by atoms with Crippen LogP contribution in [0.25, 0.3) is 10.9 Å². The predicted molar refractivity (Wildman–Crippen MR) is 72.4 cm³/mol. The van der Waals surface area contributed by atoms with E-state index >= 15 is 0 Å². The molecule has 0 spiro atoms. The molecule has 4 N–H and O–H groups in total. The minimum Gasteiger partial charge on any atom is -0.397 e. The second kappa shape index (κ2) is 4.79. The maximum Gasteiger partial charge on any atom is 0.299 e. The quantitative estimate of drug-likeness (QED) is 0.721. The summed E-state index contributed by atoms with van der Waals surface area (Å²) in [5, 5.41) is 0.666. The summed E-state index contributed by atoms with van der Waals surface area (Å²) in [6, 6.07) is 6.74. The Kier molecular flexibility index (Phi) is 3.35. The van der Waals surface area contributed by atoms with Crippen molar-refractivity contribution in [3.63, 3.8) is 0 Å². The van der Waals surface area contributed by atoms with E-state index in [-0.39, 0.29) is 0 Å². The third-order valence-electron chi connectivity index (χ3n) is 2.38. The van der Waals surface area contributed by atoms with Gasteiger partial charge in [-0.25, -0.2) is 0 Å². The van der Waals surface area contributed by atoms with Gasteiger partial charge in [0.1, 0.15) is 0 Å². The molecule has 18 heavy (non-hydrogen) atoms. The molecule has 1 aromatic heterocycles. The first-order chi connectivity index (χ1) is 8.53. The summed E-state index contributed by atoms with van der Waals surface area (Å²) in [5.74, 6) is 0. The Morgan fingerprint density at radius 2 is 2.11 bits per heavy atom. The number of anilines is 2. The van der Waals surface area contributed by atoms with Gasteiger partial charge in [0.15, 0.2) is 0 Å². The molecule has 0 amide bonds. The predicted octanol–water partition coefficient (Wildman–Crippen LogP) is 1.08. The van der Waals surface area contributed by atoms with Gasteiger partial charge < -0.3 is 5.73 Å². The van der Waals surface area contributed by atoms with Crippen LogP contribution >= 0.6 is 0 Å². The van der Waals surface area contributed by atoms with Crippen molar-refractivity contribution in [3.05, 3.63) is 30.5 Å². The van der Waals surface area contributed by atoms with E-state index < -0.39 is 10.2 Å². The molecule has 2 aromatic rings. The number of nitrogens with two attached hydrogens (primary N) is 1. The van der Waals surface area contributed by atoms with Gasteiger partial charge in [0.2, 0.25) is 0 Å². The molecule has 0 aliphatic carbocycles. The molecular weight excluding hydrogens is 252 g/mol. The molecule has 2 rings (SSSR count). The highest BCUT2D eigenvalue weighted by Gasteiger charge is 2.11. The Morgan fingerprint density at radius 1 is 1.33 bits per heavy atom. The molecule has 1 heterocycles. The fourth-order valence-electron chi connectivity index (χ4n) is 1.65. The summed E-state index contributed by atoms with van der Waals surface area (Å²) >= 11 is 0. The van der Waals surface area contributed by atoms with Gasteiger partial charge in [-0.15, -0.1) is 0 Å². The third kappa shape index (κ3) is 2.52. The number of hydrogen-bond donors (Lipinski definition) is 3. The topological polar surface area (TPSA) is 97.1 Å². The molecule has 0 atom stereocenters. The second-order valence-electron chi connectivity index (χ2n) is 3.71. The van der Waals surface area contributed by atoms with E-state index in [1.165, 1.54) is 0 Å². The molecule has 1 aromatic carbocycles. The molecule has 0 aliphatic rings. The summed E-state index contributed by atoms with van der Waals surface area (Å²) in [6.07, 6.45) is 1.61. The van der Waals surface area contributed by atoms with Gasteiger partial charge in [0, 0.05) is 18.1 Å². The molecule has 6 nitrogen and oxygen atoms in total. The van der Waals surface area contributed by atoms with Crippen LogP contribution in [-0.4, -0.2) is 19.9 Å². The van der Waals surface area contributed by atoms with Crippen LogP contribution in [0.15, 0.2) is 30.5 Å². The number of nitrogens with one attached hydrogen (secondary N) is 2. The highest BCUT2D eigenvalue weighted by atomic mass is 32.2. The zero-order valence-electron chi connectivity index (χ0n) is 9.84. The van der Waals surface area contributed by atoms with Crippen molar-refractivity contribution in [2.45, 2.75) is 6.92 Å². The highest BCUT2D eigenvalue weighted by molar-refractivity contribution is 7.90. The minimum atomic E-state index is -3.56. The lowest BCUT2D eigenvalue weighted by Crippen LogP contribution is -2.29. The van der Waals surface area contributed by atoms with Crippen LogP contribution in [0.4, 0.5) is 11.4 Å².